The molecule has 138 valence electrons. The zero-order valence-corrected chi connectivity index (χ0v) is 14.8. The molecule has 0 aromatic heterocycles. The summed E-state index contributed by atoms with van der Waals surface area (Å²) in [6, 6.07) is 11.1. The molecule has 0 atom stereocenters. The Bertz CT molecular complexity index is 733. The van der Waals surface area contributed by atoms with E-state index in [2.05, 4.69) is 10.6 Å². The van der Waals surface area contributed by atoms with Gasteiger partial charge >= 0.3 is 0 Å². The molecule has 0 fully saturated rings. The van der Waals surface area contributed by atoms with Crippen LogP contribution in [0.1, 0.15) is 5.56 Å². The van der Waals surface area contributed by atoms with Crippen LogP contribution in [0.25, 0.3) is 0 Å². The van der Waals surface area contributed by atoms with Crippen molar-refractivity contribution in [3.63, 3.8) is 0 Å². The average molecular weight is 358 g/mol. The SMILES string of the molecule is COc1ccc(CNC(=O)CNc2ccc3c(c2)OCCO3)cc1OC. The molecule has 0 saturated carbocycles. The van der Waals surface area contributed by atoms with Crippen molar-refractivity contribution < 1.29 is 23.7 Å². The number of nitrogens with one attached hydrogen (secondary N) is 2. The molecule has 0 saturated heterocycles. The van der Waals surface area contributed by atoms with E-state index in [0.29, 0.717) is 37.0 Å². The number of methoxy groups -OCH3 is 2. The van der Waals surface area contributed by atoms with Gasteiger partial charge in [-0.15, -0.1) is 0 Å². The molecule has 3 rings (SSSR count). The summed E-state index contributed by atoms with van der Waals surface area (Å²) < 4.78 is 21.5. The second-order valence-electron chi connectivity index (χ2n) is 5.68. The van der Waals surface area contributed by atoms with Crippen molar-refractivity contribution in [2.75, 3.05) is 39.3 Å². The van der Waals surface area contributed by atoms with Crippen LogP contribution in [0.2, 0.25) is 0 Å². The fourth-order valence-corrected chi connectivity index (χ4v) is 2.59. The number of carbonyl (C=O) groups is 1. The molecule has 2 aromatic rings. The van der Waals surface area contributed by atoms with Crippen molar-refractivity contribution in [2.24, 2.45) is 0 Å². The maximum absolute atomic E-state index is 12.1. The van der Waals surface area contributed by atoms with E-state index in [1.165, 1.54) is 0 Å². The Balaban J connectivity index is 1.50. The maximum atomic E-state index is 12.1. The molecule has 7 heteroatoms. The van der Waals surface area contributed by atoms with Gasteiger partial charge in [-0.05, 0) is 29.8 Å². The summed E-state index contributed by atoms with van der Waals surface area (Å²) in [7, 11) is 3.17. The van der Waals surface area contributed by atoms with E-state index in [0.717, 1.165) is 17.0 Å². The number of fused-ring (bicyclic) bond motifs is 1. The highest BCUT2D eigenvalue weighted by Crippen LogP contribution is 2.32. The Kier molecular flexibility index (Phi) is 5.68. The maximum Gasteiger partial charge on any atom is 0.239 e. The zero-order chi connectivity index (χ0) is 18.4. The van der Waals surface area contributed by atoms with E-state index in [4.69, 9.17) is 18.9 Å². The number of amides is 1. The molecule has 2 aromatic carbocycles. The molecular formula is C19H22N2O5. The van der Waals surface area contributed by atoms with Gasteiger partial charge in [0.25, 0.3) is 0 Å². The van der Waals surface area contributed by atoms with Crippen LogP contribution in [0.4, 0.5) is 5.69 Å². The van der Waals surface area contributed by atoms with Crippen LogP contribution in [0.15, 0.2) is 36.4 Å². The molecule has 1 heterocycles. The lowest BCUT2D eigenvalue weighted by molar-refractivity contribution is -0.119. The average Bonchev–Trinajstić information content (AvgIpc) is 2.70. The number of hydrogen-bond donors (Lipinski definition) is 2. The second kappa shape index (κ2) is 8.33. The molecule has 2 N–H and O–H groups in total. The van der Waals surface area contributed by atoms with Crippen LogP contribution >= 0.6 is 0 Å². The van der Waals surface area contributed by atoms with Crippen LogP contribution in [0.5, 0.6) is 23.0 Å². The Morgan fingerprint density at radius 3 is 2.54 bits per heavy atom. The van der Waals surface area contributed by atoms with Gasteiger partial charge in [-0.3, -0.25) is 4.79 Å². The van der Waals surface area contributed by atoms with E-state index in [9.17, 15) is 4.79 Å². The van der Waals surface area contributed by atoms with Gasteiger partial charge in [0, 0.05) is 18.3 Å². The highest BCUT2D eigenvalue weighted by molar-refractivity contribution is 5.80. The Morgan fingerprint density at radius 2 is 1.77 bits per heavy atom. The highest BCUT2D eigenvalue weighted by atomic mass is 16.6. The van der Waals surface area contributed by atoms with Crippen molar-refractivity contribution in [1.29, 1.82) is 0 Å². The number of ether oxygens (including phenoxy) is 4. The van der Waals surface area contributed by atoms with Crippen LogP contribution in [-0.4, -0.2) is 39.9 Å². The minimum Gasteiger partial charge on any atom is -0.493 e. The van der Waals surface area contributed by atoms with Gasteiger partial charge in [-0.25, -0.2) is 0 Å². The highest BCUT2D eigenvalue weighted by Gasteiger charge is 2.12. The lowest BCUT2D eigenvalue weighted by atomic mass is 10.2. The second-order valence-corrected chi connectivity index (χ2v) is 5.68. The first kappa shape index (κ1) is 17.7. The van der Waals surface area contributed by atoms with Gasteiger partial charge < -0.3 is 29.6 Å². The lowest BCUT2D eigenvalue weighted by Crippen LogP contribution is -2.29. The predicted molar refractivity (Wildman–Crippen MR) is 97.3 cm³/mol. The number of benzene rings is 2. The lowest BCUT2D eigenvalue weighted by Gasteiger charge is -2.19. The first-order valence-corrected chi connectivity index (χ1v) is 8.30. The molecule has 0 bridgehead atoms. The third-order valence-corrected chi connectivity index (χ3v) is 3.93. The summed E-state index contributed by atoms with van der Waals surface area (Å²) in [5, 5.41) is 5.95. The van der Waals surface area contributed by atoms with E-state index in [1.807, 2.05) is 36.4 Å². The number of rotatable bonds is 7. The topological polar surface area (TPSA) is 78.1 Å². The first-order chi connectivity index (χ1) is 12.7. The minimum atomic E-state index is -0.116. The number of anilines is 1. The van der Waals surface area contributed by atoms with Crippen LogP contribution < -0.4 is 29.6 Å². The molecule has 0 spiro atoms. The number of carbonyl (C=O) groups excluding carboxylic acids is 1. The summed E-state index contributed by atoms with van der Waals surface area (Å²) in [5.74, 6) is 2.58. The summed E-state index contributed by atoms with van der Waals surface area (Å²) in [6.45, 7) is 1.65. The van der Waals surface area contributed by atoms with Gasteiger partial charge in [0.15, 0.2) is 23.0 Å². The van der Waals surface area contributed by atoms with Crippen molar-refractivity contribution in [2.45, 2.75) is 6.54 Å². The fourth-order valence-electron chi connectivity index (χ4n) is 2.59. The first-order valence-electron chi connectivity index (χ1n) is 8.30. The Morgan fingerprint density at radius 1 is 1.00 bits per heavy atom. The molecule has 1 aliphatic rings. The Labute approximate surface area is 152 Å². The largest absolute Gasteiger partial charge is 0.493 e. The van der Waals surface area contributed by atoms with Gasteiger partial charge in [-0.2, -0.15) is 0 Å². The molecular weight excluding hydrogens is 336 g/mol. The van der Waals surface area contributed by atoms with E-state index < -0.39 is 0 Å². The van der Waals surface area contributed by atoms with Crippen molar-refractivity contribution in [3.05, 3.63) is 42.0 Å². The third kappa shape index (κ3) is 4.30. The standard InChI is InChI=1S/C19H22N2O5/c1-23-15-5-3-13(9-17(15)24-2)11-21-19(22)12-20-14-4-6-16-18(10-14)26-8-7-25-16/h3-6,9-10,20H,7-8,11-12H2,1-2H3,(H,21,22). The van der Waals surface area contributed by atoms with E-state index in [-0.39, 0.29) is 12.5 Å². The summed E-state index contributed by atoms with van der Waals surface area (Å²) >= 11 is 0. The van der Waals surface area contributed by atoms with Gasteiger partial charge in [0.1, 0.15) is 13.2 Å². The molecule has 0 unspecified atom stereocenters. The normalized spacial score (nSPS) is 12.2. The molecule has 1 aliphatic heterocycles. The monoisotopic (exact) mass is 358 g/mol. The number of hydrogen-bond acceptors (Lipinski definition) is 6. The third-order valence-electron chi connectivity index (χ3n) is 3.93. The van der Waals surface area contributed by atoms with E-state index in [1.54, 1.807) is 14.2 Å². The van der Waals surface area contributed by atoms with E-state index >= 15 is 0 Å². The quantitative estimate of drug-likeness (QED) is 0.790. The fraction of sp³-hybridized carbons (Fsp3) is 0.316. The molecule has 7 nitrogen and oxygen atoms in total. The van der Waals surface area contributed by atoms with Crippen molar-refractivity contribution in [3.8, 4) is 23.0 Å². The van der Waals surface area contributed by atoms with Crippen LogP contribution in [-0.2, 0) is 11.3 Å². The Hall–Kier alpha value is -3.09. The molecule has 1 amide bonds. The van der Waals surface area contributed by atoms with Gasteiger partial charge in [0.2, 0.25) is 5.91 Å². The van der Waals surface area contributed by atoms with Crippen molar-refractivity contribution >= 4 is 11.6 Å². The van der Waals surface area contributed by atoms with Crippen LogP contribution in [0.3, 0.4) is 0 Å². The summed E-state index contributed by atoms with van der Waals surface area (Å²) in [5.41, 5.74) is 1.73. The minimum absolute atomic E-state index is 0.116. The summed E-state index contributed by atoms with van der Waals surface area (Å²) in [6.07, 6.45) is 0. The van der Waals surface area contributed by atoms with Crippen LogP contribution in [0, 0.1) is 0 Å². The van der Waals surface area contributed by atoms with Gasteiger partial charge in [0.05, 0.1) is 20.8 Å². The predicted octanol–water partition coefficient (Wildman–Crippen LogP) is 2.20. The molecule has 26 heavy (non-hydrogen) atoms. The zero-order valence-electron chi connectivity index (χ0n) is 14.8. The van der Waals surface area contributed by atoms with Crippen molar-refractivity contribution in [1.82, 2.24) is 5.32 Å². The molecule has 0 radical (unpaired) electrons. The van der Waals surface area contributed by atoms with Gasteiger partial charge in [-0.1, -0.05) is 6.07 Å². The molecule has 0 aliphatic carbocycles. The summed E-state index contributed by atoms with van der Waals surface area (Å²) in [4.78, 5) is 12.1. The smallest absolute Gasteiger partial charge is 0.239 e.